The number of thiazole rings is 1. The van der Waals surface area contributed by atoms with Crippen LogP contribution in [-0.4, -0.2) is 32.1 Å². The second-order valence-corrected chi connectivity index (χ2v) is 11.4. The molecule has 0 fully saturated rings. The average molecular weight is 573 g/mol. The second kappa shape index (κ2) is 10.5. The third kappa shape index (κ3) is 5.48. The highest BCUT2D eigenvalue weighted by atomic mass is 35.5. The molecule has 2 aromatic heterocycles. The van der Waals surface area contributed by atoms with Crippen molar-refractivity contribution >= 4 is 60.5 Å². The fourth-order valence-electron chi connectivity index (χ4n) is 3.61. The van der Waals surface area contributed by atoms with Crippen LogP contribution >= 0.6 is 22.9 Å². The molecule has 188 valence electrons. The smallest absolute Gasteiger partial charge is 0.263 e. The molecular weight excluding hydrogens is 556 g/mol. The summed E-state index contributed by atoms with van der Waals surface area (Å²) in [6.45, 7) is 0. The van der Waals surface area contributed by atoms with Gasteiger partial charge in [0, 0.05) is 17.0 Å². The number of aromatic nitrogens is 3. The summed E-state index contributed by atoms with van der Waals surface area (Å²) in [4.78, 5) is 13.3. The molecule has 0 aliphatic carbocycles. The lowest BCUT2D eigenvalue weighted by Gasteiger charge is -2.14. The third-order valence-corrected chi connectivity index (χ3v) is 8.39. The Labute approximate surface area is 223 Å². The summed E-state index contributed by atoms with van der Waals surface area (Å²) in [6, 6.07) is 18.3. The molecule has 0 aliphatic heterocycles. The second-order valence-electron chi connectivity index (χ2n) is 7.61. The number of hydrogen-bond donors (Lipinski definition) is 2. The number of sulfonamides is 1. The number of ether oxygens (including phenoxy) is 1. The van der Waals surface area contributed by atoms with Gasteiger partial charge in [-0.25, -0.2) is 27.6 Å². The molecule has 0 spiro atoms. The van der Waals surface area contributed by atoms with E-state index in [0.29, 0.717) is 32.8 Å². The highest BCUT2D eigenvalue weighted by Crippen LogP contribution is 2.39. The van der Waals surface area contributed by atoms with Gasteiger partial charge in [0.25, 0.3) is 10.0 Å². The van der Waals surface area contributed by atoms with Crippen LogP contribution in [0.2, 0.25) is 5.02 Å². The van der Waals surface area contributed by atoms with Gasteiger partial charge in [-0.2, -0.15) is 0 Å². The summed E-state index contributed by atoms with van der Waals surface area (Å²) >= 11 is 5.34. The molecule has 9 nitrogen and oxygen atoms in total. The minimum absolute atomic E-state index is 0.0255. The van der Waals surface area contributed by atoms with E-state index in [1.54, 1.807) is 54.0 Å². The molecule has 0 amide bonds. The first kappa shape index (κ1) is 25.2. The van der Waals surface area contributed by atoms with E-state index in [1.165, 1.54) is 29.7 Å². The van der Waals surface area contributed by atoms with E-state index in [1.807, 2.05) is 6.07 Å². The van der Waals surface area contributed by atoms with Gasteiger partial charge in [-0.3, -0.25) is 4.72 Å². The Bertz CT molecular complexity index is 1740. The van der Waals surface area contributed by atoms with Crippen LogP contribution in [0.15, 0.2) is 83.3 Å². The molecule has 0 saturated heterocycles. The number of hydrogen-bond acceptors (Lipinski definition) is 8. The van der Waals surface area contributed by atoms with Crippen molar-refractivity contribution in [2.45, 2.75) is 10.6 Å². The number of fused-ring (bicyclic) bond motifs is 1. The molecule has 2 heterocycles. The van der Waals surface area contributed by atoms with Gasteiger partial charge in [0.15, 0.2) is 11.1 Å². The minimum atomic E-state index is -3.94. The van der Waals surface area contributed by atoms with Gasteiger partial charge in [-0.15, -0.1) is 11.3 Å². The first-order valence-corrected chi connectivity index (χ1v) is 14.6. The molecule has 0 aliphatic rings. The zero-order chi connectivity index (χ0) is 26.0. The van der Waals surface area contributed by atoms with Gasteiger partial charge in [0.05, 0.1) is 21.9 Å². The lowest BCUT2D eigenvalue weighted by molar-refractivity contribution is 0.473. The van der Waals surface area contributed by atoms with Crippen LogP contribution in [0.3, 0.4) is 0 Å². The van der Waals surface area contributed by atoms with Crippen molar-refractivity contribution in [3.05, 3.63) is 89.3 Å². The number of halogens is 1. The van der Waals surface area contributed by atoms with E-state index in [9.17, 15) is 12.6 Å². The van der Waals surface area contributed by atoms with E-state index in [4.69, 9.17) is 20.9 Å². The van der Waals surface area contributed by atoms with Gasteiger partial charge in [-0.05, 0) is 30.3 Å². The van der Waals surface area contributed by atoms with Crippen LogP contribution in [0.1, 0.15) is 5.82 Å². The number of anilines is 1. The maximum absolute atomic E-state index is 13.0. The van der Waals surface area contributed by atoms with E-state index in [2.05, 4.69) is 19.7 Å². The first-order valence-electron chi connectivity index (χ1n) is 10.6. The van der Waals surface area contributed by atoms with Gasteiger partial charge >= 0.3 is 0 Å². The van der Waals surface area contributed by atoms with Crippen molar-refractivity contribution in [3.63, 3.8) is 0 Å². The van der Waals surface area contributed by atoms with E-state index >= 15 is 0 Å². The molecule has 37 heavy (non-hydrogen) atoms. The number of benzene rings is 3. The molecule has 2 N–H and O–H groups in total. The van der Waals surface area contributed by atoms with Crippen LogP contribution in [-0.2, 0) is 26.9 Å². The van der Waals surface area contributed by atoms with Gasteiger partial charge < -0.3 is 9.29 Å². The summed E-state index contributed by atoms with van der Waals surface area (Å²) in [5, 5.41) is 1.38. The molecule has 3 aromatic carbocycles. The molecule has 5 rings (SSSR count). The Kier molecular flexibility index (Phi) is 7.17. The SMILES string of the molecule is O=S(O)Cc1nccc(-c2scnc2Oc2cccc3c(NS(=O)(=O)c4ccccc4Cl)cccc23)n1. The highest BCUT2D eigenvalue weighted by molar-refractivity contribution is 7.92. The molecule has 5 aromatic rings. The Balaban J connectivity index is 1.49. The van der Waals surface area contributed by atoms with Crippen LogP contribution in [0.25, 0.3) is 21.3 Å². The Hall–Kier alpha value is -3.42. The zero-order valence-electron chi connectivity index (χ0n) is 18.7. The minimum Gasteiger partial charge on any atom is -0.437 e. The maximum Gasteiger partial charge on any atom is 0.263 e. The van der Waals surface area contributed by atoms with E-state index in [0.717, 1.165) is 0 Å². The normalized spacial score (nSPS) is 12.4. The quantitative estimate of drug-likeness (QED) is 0.226. The predicted octanol–water partition coefficient (Wildman–Crippen LogP) is 5.72. The van der Waals surface area contributed by atoms with Crippen molar-refractivity contribution in [3.8, 4) is 22.2 Å². The standard InChI is InChI=1S/C24H17ClN4O5S3/c25-17-7-1-2-10-21(17)37(32,33)29-18-8-3-6-16-15(18)5-4-9-20(16)34-24-23(35-14-27-24)19-11-12-26-22(28-19)13-36(30)31/h1-12,14,29H,13H2,(H,30,31). The van der Waals surface area contributed by atoms with E-state index < -0.39 is 21.1 Å². The summed E-state index contributed by atoms with van der Waals surface area (Å²) in [5.41, 5.74) is 2.46. The monoisotopic (exact) mass is 572 g/mol. The highest BCUT2D eigenvalue weighted by Gasteiger charge is 2.20. The van der Waals surface area contributed by atoms with Crippen molar-refractivity contribution in [1.29, 1.82) is 0 Å². The average Bonchev–Trinajstić information content (AvgIpc) is 3.32. The Morgan fingerprint density at radius 1 is 1.00 bits per heavy atom. The van der Waals surface area contributed by atoms with Crippen LogP contribution in [0, 0.1) is 0 Å². The van der Waals surface area contributed by atoms with Crippen LogP contribution in [0.4, 0.5) is 5.69 Å². The number of nitrogens with zero attached hydrogens (tertiary/aromatic N) is 3. The van der Waals surface area contributed by atoms with E-state index in [-0.39, 0.29) is 27.4 Å². The van der Waals surface area contributed by atoms with Crippen molar-refractivity contribution in [2.75, 3.05) is 4.72 Å². The summed E-state index contributed by atoms with van der Waals surface area (Å²) in [6.07, 6.45) is 1.50. The number of rotatable bonds is 8. The van der Waals surface area contributed by atoms with Crippen molar-refractivity contribution in [1.82, 2.24) is 15.0 Å². The molecule has 1 unspecified atom stereocenters. The van der Waals surface area contributed by atoms with Crippen molar-refractivity contribution < 1.29 is 21.9 Å². The van der Waals surface area contributed by atoms with Crippen molar-refractivity contribution in [2.24, 2.45) is 0 Å². The molecule has 13 heteroatoms. The Morgan fingerprint density at radius 2 is 1.78 bits per heavy atom. The maximum atomic E-state index is 13.0. The zero-order valence-corrected chi connectivity index (χ0v) is 21.9. The third-order valence-electron chi connectivity index (χ3n) is 5.18. The van der Waals surface area contributed by atoms with Crippen LogP contribution < -0.4 is 9.46 Å². The summed E-state index contributed by atoms with van der Waals surface area (Å²) in [7, 11) is -3.94. The predicted molar refractivity (Wildman–Crippen MR) is 144 cm³/mol. The molecule has 0 radical (unpaired) electrons. The van der Waals surface area contributed by atoms with Gasteiger partial charge in [0.1, 0.15) is 27.1 Å². The first-order chi connectivity index (χ1) is 17.8. The largest absolute Gasteiger partial charge is 0.437 e. The molecule has 0 bridgehead atoms. The van der Waals surface area contributed by atoms with Crippen LogP contribution in [0.5, 0.6) is 11.6 Å². The molecule has 1 atom stereocenters. The lowest BCUT2D eigenvalue weighted by Crippen LogP contribution is -2.13. The summed E-state index contributed by atoms with van der Waals surface area (Å²) < 4.78 is 55.1. The fraction of sp³-hybridized carbons (Fsp3) is 0.0417. The topological polar surface area (TPSA) is 131 Å². The molecular formula is C24H17ClN4O5S3. The number of nitrogens with one attached hydrogen (secondary N) is 1. The van der Waals surface area contributed by atoms with Gasteiger partial charge in [-0.1, -0.05) is 48.0 Å². The summed E-state index contributed by atoms with van der Waals surface area (Å²) in [5.74, 6) is 0.765. The molecule has 0 saturated carbocycles. The Morgan fingerprint density at radius 3 is 2.59 bits per heavy atom. The van der Waals surface area contributed by atoms with Gasteiger partial charge in [0.2, 0.25) is 5.88 Å². The fourth-order valence-corrected chi connectivity index (χ4v) is 6.25. The lowest BCUT2D eigenvalue weighted by atomic mass is 10.1.